The second kappa shape index (κ2) is 18.2. The van der Waals surface area contributed by atoms with Crippen molar-refractivity contribution in [2.24, 2.45) is 0 Å². The first-order valence-corrected chi connectivity index (χ1v) is 10.1. The largest absolute Gasteiger partial charge is 0.349 e. The van der Waals surface area contributed by atoms with Crippen LogP contribution in [0.4, 0.5) is 0 Å². The highest BCUT2D eigenvalue weighted by Crippen LogP contribution is 2.09. The average molecular weight is 338 g/mol. The van der Waals surface area contributed by atoms with Gasteiger partial charge in [-0.2, -0.15) is 0 Å². The van der Waals surface area contributed by atoms with Gasteiger partial charge in [-0.1, -0.05) is 70.4 Å². The first kappa shape index (κ1) is 22.9. The highest BCUT2D eigenvalue weighted by atomic mass is 16.2. The van der Waals surface area contributed by atoms with Crippen molar-refractivity contribution in [3.63, 3.8) is 0 Å². The van der Waals surface area contributed by atoms with Gasteiger partial charge < -0.3 is 5.32 Å². The summed E-state index contributed by atoms with van der Waals surface area (Å²) >= 11 is 0. The summed E-state index contributed by atoms with van der Waals surface area (Å²) in [7, 11) is 0. The van der Waals surface area contributed by atoms with Crippen LogP contribution in [-0.4, -0.2) is 18.2 Å². The van der Waals surface area contributed by atoms with Crippen LogP contribution in [0.5, 0.6) is 0 Å². The normalized spacial score (nSPS) is 11.1. The van der Waals surface area contributed by atoms with Crippen molar-refractivity contribution in [1.29, 1.82) is 0 Å². The maximum atomic E-state index is 11.4. The second-order valence-corrected chi connectivity index (χ2v) is 6.81. The molecule has 1 amide bonds. The minimum absolute atomic E-state index is 0.00262. The highest BCUT2D eigenvalue weighted by molar-refractivity contribution is 5.84. The number of carbonyl (C=O) groups is 2. The van der Waals surface area contributed by atoms with E-state index in [2.05, 4.69) is 24.4 Å². The van der Waals surface area contributed by atoms with Crippen LogP contribution in [-0.2, 0) is 9.59 Å². The molecule has 24 heavy (non-hydrogen) atoms. The number of Topliss-reactive ketones (excluding diaryl/α,β-unsaturated/α-hetero) is 1. The van der Waals surface area contributed by atoms with Crippen LogP contribution < -0.4 is 5.32 Å². The van der Waals surface area contributed by atoms with Crippen molar-refractivity contribution in [2.75, 3.05) is 6.54 Å². The Kier molecular flexibility index (Phi) is 17.4. The molecule has 0 aliphatic carbocycles. The molecule has 0 saturated carbocycles. The number of hydrogen-bond donors (Lipinski definition) is 1. The number of hydrogen-bond acceptors (Lipinski definition) is 2. The van der Waals surface area contributed by atoms with Crippen molar-refractivity contribution in [3.8, 4) is 0 Å². The van der Waals surface area contributed by atoms with E-state index in [-0.39, 0.29) is 18.2 Å². The van der Waals surface area contributed by atoms with Crippen LogP contribution in [0.15, 0.2) is 12.2 Å². The van der Waals surface area contributed by atoms with Gasteiger partial charge in [0.2, 0.25) is 5.91 Å². The van der Waals surface area contributed by atoms with Gasteiger partial charge >= 0.3 is 0 Å². The summed E-state index contributed by atoms with van der Waals surface area (Å²) < 4.78 is 0. The Bertz CT molecular complexity index is 337. The molecule has 0 saturated heterocycles. The topological polar surface area (TPSA) is 46.2 Å². The number of allylic oxidation sites excluding steroid dienone is 2. The molecule has 0 aromatic carbocycles. The van der Waals surface area contributed by atoms with Gasteiger partial charge in [0.25, 0.3) is 0 Å². The molecule has 0 rings (SSSR count). The third-order valence-corrected chi connectivity index (χ3v) is 4.20. The summed E-state index contributed by atoms with van der Waals surface area (Å²) in [6, 6.07) is 0. The fourth-order valence-electron chi connectivity index (χ4n) is 2.67. The van der Waals surface area contributed by atoms with Crippen molar-refractivity contribution in [3.05, 3.63) is 12.2 Å². The Hall–Kier alpha value is -1.12. The molecule has 0 aromatic heterocycles. The SMILES string of the molecule is CCCCCCCC/C=C\CCCCCCCC(=O)NCC(C)=O. The number of carbonyl (C=O) groups excluding carboxylic acids is 2. The van der Waals surface area contributed by atoms with Crippen LogP contribution in [0.2, 0.25) is 0 Å². The van der Waals surface area contributed by atoms with E-state index in [9.17, 15) is 9.59 Å². The minimum atomic E-state index is 0.00262. The molecule has 0 radical (unpaired) electrons. The van der Waals surface area contributed by atoms with Crippen LogP contribution in [0, 0.1) is 0 Å². The molecular weight excluding hydrogens is 298 g/mol. The third kappa shape index (κ3) is 18.9. The predicted octanol–water partition coefficient (Wildman–Crippen LogP) is 5.73. The Morgan fingerprint density at radius 1 is 0.750 bits per heavy atom. The standard InChI is InChI=1S/C21H39NO2/c1-3-4-5-6-7-8-9-10-11-12-13-14-15-16-17-18-21(24)22-19-20(2)23/h10-11H,3-9,12-19H2,1-2H3,(H,22,24)/b11-10-. The van der Waals surface area contributed by atoms with E-state index in [1.165, 1.54) is 77.6 Å². The minimum Gasteiger partial charge on any atom is -0.349 e. The van der Waals surface area contributed by atoms with Gasteiger partial charge in [0.1, 0.15) is 5.78 Å². The molecule has 0 bridgehead atoms. The van der Waals surface area contributed by atoms with Gasteiger partial charge in [0.15, 0.2) is 0 Å². The summed E-state index contributed by atoms with van der Waals surface area (Å²) in [4.78, 5) is 22.1. The number of nitrogens with one attached hydrogen (secondary N) is 1. The smallest absolute Gasteiger partial charge is 0.220 e. The molecule has 0 aliphatic heterocycles. The molecule has 140 valence electrons. The van der Waals surface area contributed by atoms with Crippen molar-refractivity contribution >= 4 is 11.7 Å². The first-order chi connectivity index (χ1) is 11.7. The van der Waals surface area contributed by atoms with Crippen molar-refractivity contribution in [1.82, 2.24) is 5.32 Å². The number of rotatable bonds is 17. The molecule has 3 heteroatoms. The summed E-state index contributed by atoms with van der Waals surface area (Å²) in [5.41, 5.74) is 0. The summed E-state index contributed by atoms with van der Waals surface area (Å²) in [6.07, 6.45) is 21.6. The average Bonchev–Trinajstić information content (AvgIpc) is 2.56. The summed E-state index contributed by atoms with van der Waals surface area (Å²) in [5.74, 6) is 0.00993. The zero-order valence-corrected chi connectivity index (χ0v) is 16.1. The lowest BCUT2D eigenvalue weighted by atomic mass is 10.1. The lowest BCUT2D eigenvalue weighted by Crippen LogP contribution is -2.27. The Morgan fingerprint density at radius 3 is 1.79 bits per heavy atom. The van der Waals surface area contributed by atoms with Gasteiger partial charge in [-0.15, -0.1) is 0 Å². The Labute approximate surface area is 149 Å². The van der Waals surface area contributed by atoms with Crippen LogP contribution in [0.25, 0.3) is 0 Å². The van der Waals surface area contributed by atoms with Crippen LogP contribution in [0.3, 0.4) is 0 Å². The van der Waals surface area contributed by atoms with E-state index in [0.29, 0.717) is 6.42 Å². The molecule has 0 aromatic rings. The van der Waals surface area contributed by atoms with Crippen LogP contribution in [0.1, 0.15) is 104 Å². The Balaban J connectivity index is 3.20. The predicted molar refractivity (Wildman–Crippen MR) is 103 cm³/mol. The monoisotopic (exact) mass is 337 g/mol. The molecule has 1 N–H and O–H groups in total. The Morgan fingerprint density at radius 2 is 1.25 bits per heavy atom. The van der Waals surface area contributed by atoms with E-state index in [1.807, 2.05) is 0 Å². The molecular formula is C21H39NO2. The fraction of sp³-hybridized carbons (Fsp3) is 0.810. The molecule has 3 nitrogen and oxygen atoms in total. The maximum Gasteiger partial charge on any atom is 0.220 e. The third-order valence-electron chi connectivity index (χ3n) is 4.20. The second-order valence-electron chi connectivity index (χ2n) is 6.81. The van der Waals surface area contributed by atoms with E-state index >= 15 is 0 Å². The molecule has 0 atom stereocenters. The number of ketones is 1. The maximum absolute atomic E-state index is 11.4. The zero-order chi connectivity index (χ0) is 17.9. The zero-order valence-electron chi connectivity index (χ0n) is 16.1. The van der Waals surface area contributed by atoms with Gasteiger partial charge in [0, 0.05) is 6.42 Å². The highest BCUT2D eigenvalue weighted by Gasteiger charge is 2.01. The van der Waals surface area contributed by atoms with E-state index in [0.717, 1.165) is 12.8 Å². The number of amides is 1. The molecule has 0 fully saturated rings. The molecule has 0 unspecified atom stereocenters. The van der Waals surface area contributed by atoms with Gasteiger partial charge in [0.05, 0.1) is 6.54 Å². The van der Waals surface area contributed by atoms with Crippen molar-refractivity contribution < 1.29 is 9.59 Å². The molecule has 0 heterocycles. The van der Waals surface area contributed by atoms with Crippen LogP contribution >= 0.6 is 0 Å². The van der Waals surface area contributed by atoms with Gasteiger partial charge in [-0.05, 0) is 39.0 Å². The van der Waals surface area contributed by atoms with Crippen molar-refractivity contribution in [2.45, 2.75) is 104 Å². The summed E-state index contributed by atoms with van der Waals surface area (Å²) in [5, 5.41) is 2.63. The fourth-order valence-corrected chi connectivity index (χ4v) is 2.67. The molecule has 0 spiro atoms. The molecule has 0 aliphatic rings. The first-order valence-electron chi connectivity index (χ1n) is 10.1. The van der Waals surface area contributed by atoms with Gasteiger partial charge in [-0.25, -0.2) is 0 Å². The van der Waals surface area contributed by atoms with E-state index in [1.54, 1.807) is 0 Å². The lowest BCUT2D eigenvalue weighted by Gasteiger charge is -2.03. The summed E-state index contributed by atoms with van der Waals surface area (Å²) in [6.45, 7) is 3.92. The van der Waals surface area contributed by atoms with E-state index < -0.39 is 0 Å². The van der Waals surface area contributed by atoms with Gasteiger partial charge in [-0.3, -0.25) is 9.59 Å². The van der Waals surface area contributed by atoms with E-state index in [4.69, 9.17) is 0 Å². The lowest BCUT2D eigenvalue weighted by molar-refractivity contribution is -0.124. The number of unbranched alkanes of at least 4 members (excludes halogenated alkanes) is 11. The quantitative estimate of drug-likeness (QED) is 0.272.